The van der Waals surface area contributed by atoms with Gasteiger partial charge in [-0.1, -0.05) is 19.1 Å². The first-order valence-corrected chi connectivity index (χ1v) is 13.1. The fourth-order valence-electron chi connectivity index (χ4n) is 4.06. The normalized spacial score (nSPS) is 25.7. The molecule has 3 heterocycles. The topological polar surface area (TPSA) is 195 Å². The average molecular weight is 551 g/mol. The summed E-state index contributed by atoms with van der Waals surface area (Å²) < 4.78 is 48.4. The molecule has 3 aromatic rings. The van der Waals surface area contributed by atoms with Gasteiger partial charge < -0.3 is 30.3 Å². The van der Waals surface area contributed by atoms with Crippen molar-refractivity contribution in [3.8, 4) is 6.07 Å². The molecule has 6 atom stereocenters. The Bertz CT molecular complexity index is 1370. The van der Waals surface area contributed by atoms with Crippen LogP contribution in [0.5, 0.6) is 0 Å². The van der Waals surface area contributed by atoms with Crippen molar-refractivity contribution in [1.29, 1.82) is 5.26 Å². The maximum absolute atomic E-state index is 13.3. The highest BCUT2D eigenvalue weighted by Crippen LogP contribution is 2.46. The fraction of sp³-hybridized carbons (Fsp3) is 0.435. The van der Waals surface area contributed by atoms with Crippen LogP contribution in [-0.4, -0.2) is 67.3 Å². The molecular weight excluding hydrogens is 524 g/mol. The standard InChI is InChI=1S/C23H27FN5O8P/c1-2-16(34-9-14-4-3-5-15(24)8-14)10-35-38(32,33)36-11-18-20(30)21(31)23(12-25,37-18)19-7-6-17-22(26)27-13-28-29(17)19/h3-8,13,16,18,20-21,30-31H,2,9-11H2,1H3,(H,32,33)(H2,26,27,28)/t16-,18-,20?,21+,23+/m1/s1. The molecule has 0 amide bonds. The molecule has 0 aliphatic carbocycles. The van der Waals surface area contributed by atoms with Gasteiger partial charge in [0.15, 0.2) is 5.82 Å². The van der Waals surface area contributed by atoms with Crippen molar-refractivity contribution < 1.29 is 42.6 Å². The second-order valence-electron chi connectivity index (χ2n) is 8.63. The molecule has 0 saturated carbocycles. The Balaban J connectivity index is 1.37. The van der Waals surface area contributed by atoms with Gasteiger partial charge in [0, 0.05) is 0 Å². The summed E-state index contributed by atoms with van der Waals surface area (Å²) in [4.78, 5) is 14.0. The molecule has 1 aliphatic heterocycles. The van der Waals surface area contributed by atoms with Crippen LogP contribution in [0.3, 0.4) is 0 Å². The molecule has 13 nitrogen and oxygen atoms in total. The summed E-state index contributed by atoms with van der Waals surface area (Å²) in [5.41, 5.74) is 4.75. The zero-order valence-corrected chi connectivity index (χ0v) is 21.1. The Hall–Kier alpha value is -2.99. The van der Waals surface area contributed by atoms with Crippen LogP contribution in [0.4, 0.5) is 10.2 Å². The number of ether oxygens (including phenoxy) is 2. The summed E-state index contributed by atoms with van der Waals surface area (Å²) in [7, 11) is -4.66. The molecule has 204 valence electrons. The lowest BCUT2D eigenvalue weighted by Crippen LogP contribution is -2.41. The van der Waals surface area contributed by atoms with Crippen LogP contribution in [0.25, 0.3) is 5.52 Å². The van der Waals surface area contributed by atoms with Gasteiger partial charge in [0.25, 0.3) is 0 Å². The second kappa shape index (κ2) is 11.4. The number of fused-ring (bicyclic) bond motifs is 1. The first kappa shape index (κ1) is 28.0. The van der Waals surface area contributed by atoms with Crippen molar-refractivity contribution in [2.24, 2.45) is 0 Å². The van der Waals surface area contributed by atoms with Gasteiger partial charge in [-0.3, -0.25) is 9.05 Å². The van der Waals surface area contributed by atoms with E-state index in [9.17, 15) is 29.3 Å². The smallest absolute Gasteiger partial charge is 0.387 e. The molecule has 1 saturated heterocycles. The number of halogens is 1. The lowest BCUT2D eigenvalue weighted by Gasteiger charge is -2.24. The Morgan fingerprint density at radius 2 is 2.13 bits per heavy atom. The third kappa shape index (κ3) is 5.70. The fourth-order valence-corrected chi connectivity index (χ4v) is 4.82. The summed E-state index contributed by atoms with van der Waals surface area (Å²) in [6.07, 6.45) is -3.80. The Morgan fingerprint density at radius 3 is 2.84 bits per heavy atom. The number of nitrogens with two attached hydrogens (primary N) is 1. The number of nitrogen functional groups attached to an aromatic ring is 1. The largest absolute Gasteiger partial charge is 0.472 e. The van der Waals surface area contributed by atoms with Gasteiger partial charge in [0.1, 0.15) is 42.0 Å². The molecule has 5 N–H and O–H groups in total. The van der Waals surface area contributed by atoms with Gasteiger partial charge in [-0.25, -0.2) is 18.5 Å². The average Bonchev–Trinajstić information content (AvgIpc) is 3.44. The highest BCUT2D eigenvalue weighted by Gasteiger charge is 2.58. The lowest BCUT2D eigenvalue weighted by atomic mass is 9.92. The molecule has 0 radical (unpaired) electrons. The maximum Gasteiger partial charge on any atom is 0.472 e. The zero-order chi connectivity index (χ0) is 27.5. The monoisotopic (exact) mass is 551 g/mol. The van der Waals surface area contributed by atoms with Gasteiger partial charge in [-0.2, -0.15) is 10.4 Å². The lowest BCUT2D eigenvalue weighted by molar-refractivity contribution is -0.0657. The van der Waals surface area contributed by atoms with Crippen molar-refractivity contribution in [3.63, 3.8) is 0 Å². The predicted octanol–water partition coefficient (Wildman–Crippen LogP) is 1.42. The van der Waals surface area contributed by atoms with Crippen LogP contribution >= 0.6 is 7.82 Å². The van der Waals surface area contributed by atoms with Crippen LogP contribution in [0.2, 0.25) is 0 Å². The molecule has 2 unspecified atom stereocenters. The summed E-state index contributed by atoms with van der Waals surface area (Å²) >= 11 is 0. The number of benzene rings is 1. The van der Waals surface area contributed by atoms with E-state index in [4.69, 9.17) is 24.3 Å². The van der Waals surface area contributed by atoms with Gasteiger partial charge in [-0.05, 0) is 36.2 Å². The minimum atomic E-state index is -4.66. The minimum Gasteiger partial charge on any atom is -0.387 e. The molecule has 15 heteroatoms. The zero-order valence-electron chi connectivity index (χ0n) is 20.3. The van der Waals surface area contributed by atoms with E-state index >= 15 is 0 Å². The first-order chi connectivity index (χ1) is 18.1. The van der Waals surface area contributed by atoms with Gasteiger partial charge in [0.05, 0.1) is 31.6 Å². The van der Waals surface area contributed by atoms with Crippen LogP contribution < -0.4 is 5.73 Å². The number of nitrogens with zero attached hydrogens (tertiary/aromatic N) is 4. The van der Waals surface area contributed by atoms with Crippen molar-refractivity contribution in [2.75, 3.05) is 18.9 Å². The van der Waals surface area contributed by atoms with Crippen molar-refractivity contribution in [2.45, 2.75) is 50.0 Å². The molecule has 2 aromatic heterocycles. The Labute approximate surface area is 216 Å². The SMILES string of the molecule is CC[C@H](COP(=O)(O)OC[C@H]1O[C@@](C#N)(c2ccc3c(N)ncnn23)[C@@H](O)C1O)OCc1cccc(F)c1. The molecule has 4 rings (SSSR count). The molecule has 1 aromatic carbocycles. The number of hydrogen-bond donors (Lipinski definition) is 4. The van der Waals surface area contributed by atoms with E-state index in [1.807, 2.05) is 6.07 Å². The minimum absolute atomic E-state index is 0.0669. The summed E-state index contributed by atoms with van der Waals surface area (Å²) in [5, 5.41) is 35.3. The number of anilines is 1. The van der Waals surface area contributed by atoms with E-state index < -0.39 is 50.3 Å². The van der Waals surface area contributed by atoms with E-state index in [2.05, 4.69) is 10.1 Å². The third-order valence-corrected chi connectivity index (χ3v) is 7.09. The number of aromatic nitrogens is 3. The van der Waals surface area contributed by atoms with E-state index in [1.54, 1.807) is 19.1 Å². The van der Waals surface area contributed by atoms with Gasteiger partial charge in [-0.15, -0.1) is 0 Å². The molecule has 1 fully saturated rings. The number of hydrogen-bond acceptors (Lipinski definition) is 11. The Kier molecular flexibility index (Phi) is 8.41. The van der Waals surface area contributed by atoms with Crippen molar-refractivity contribution >= 4 is 19.2 Å². The van der Waals surface area contributed by atoms with Crippen molar-refractivity contribution in [1.82, 2.24) is 14.6 Å². The van der Waals surface area contributed by atoms with E-state index in [-0.39, 0.29) is 24.7 Å². The molecule has 38 heavy (non-hydrogen) atoms. The molecule has 0 spiro atoms. The number of aliphatic hydroxyl groups excluding tert-OH is 2. The number of aliphatic hydroxyl groups is 2. The van der Waals surface area contributed by atoms with Crippen LogP contribution in [0.1, 0.15) is 24.6 Å². The molecule has 1 aliphatic rings. The highest BCUT2D eigenvalue weighted by molar-refractivity contribution is 7.47. The van der Waals surface area contributed by atoms with Gasteiger partial charge in [0.2, 0.25) is 5.60 Å². The highest BCUT2D eigenvalue weighted by atomic mass is 31.2. The summed E-state index contributed by atoms with van der Waals surface area (Å²) in [6.45, 7) is 0.849. The number of phosphoric ester groups is 1. The number of phosphoric acid groups is 1. The summed E-state index contributed by atoms with van der Waals surface area (Å²) in [5.74, 6) is -0.288. The summed E-state index contributed by atoms with van der Waals surface area (Å²) in [6, 6.07) is 10.7. The van der Waals surface area contributed by atoms with Gasteiger partial charge >= 0.3 is 7.82 Å². The number of rotatable bonds is 11. The third-order valence-electron chi connectivity index (χ3n) is 6.14. The molecular formula is C23H27FN5O8P. The molecule has 0 bridgehead atoms. The predicted molar refractivity (Wildman–Crippen MR) is 129 cm³/mol. The Morgan fingerprint density at radius 1 is 1.34 bits per heavy atom. The second-order valence-corrected chi connectivity index (χ2v) is 10.1. The first-order valence-electron chi connectivity index (χ1n) is 11.6. The quantitative estimate of drug-likeness (QED) is 0.251. The van der Waals surface area contributed by atoms with E-state index in [1.165, 1.54) is 28.8 Å². The van der Waals surface area contributed by atoms with Crippen LogP contribution in [-0.2, 0) is 35.3 Å². The number of nitriles is 1. The van der Waals surface area contributed by atoms with Crippen molar-refractivity contribution in [3.05, 3.63) is 59.8 Å². The van der Waals surface area contributed by atoms with Crippen LogP contribution in [0, 0.1) is 17.1 Å². The maximum atomic E-state index is 13.3. The van der Waals surface area contributed by atoms with E-state index in [0.717, 1.165) is 6.33 Å². The van der Waals surface area contributed by atoms with Crippen LogP contribution in [0.15, 0.2) is 42.7 Å². The van der Waals surface area contributed by atoms with E-state index in [0.29, 0.717) is 17.5 Å².